The summed E-state index contributed by atoms with van der Waals surface area (Å²) < 4.78 is 0. The van der Waals surface area contributed by atoms with Gasteiger partial charge in [0.05, 0.1) is 0 Å². The van der Waals surface area contributed by atoms with Crippen LogP contribution in [0, 0.1) is 13.8 Å². The van der Waals surface area contributed by atoms with Crippen molar-refractivity contribution in [2.24, 2.45) is 0 Å². The van der Waals surface area contributed by atoms with Gasteiger partial charge in [-0.05, 0) is 43.4 Å². The molecule has 0 heterocycles. The summed E-state index contributed by atoms with van der Waals surface area (Å²) in [5.41, 5.74) is 4.11. The zero-order valence-corrected chi connectivity index (χ0v) is 9.97. The Balaban J connectivity index is 2.54. The van der Waals surface area contributed by atoms with Crippen molar-refractivity contribution in [3.05, 3.63) is 34.9 Å². The van der Waals surface area contributed by atoms with Crippen molar-refractivity contribution in [1.29, 1.82) is 0 Å². The van der Waals surface area contributed by atoms with E-state index in [0.29, 0.717) is 12.2 Å². The van der Waals surface area contributed by atoms with Crippen molar-refractivity contribution in [3.63, 3.8) is 0 Å². The second kappa shape index (κ2) is 5.69. The third kappa shape index (κ3) is 3.50. The highest BCUT2D eigenvalue weighted by Gasteiger charge is 2.03. The van der Waals surface area contributed by atoms with Gasteiger partial charge in [0.25, 0.3) is 0 Å². The molecular formula is C14H20O. The van der Waals surface area contributed by atoms with Crippen LogP contribution in [0.2, 0.25) is 0 Å². The lowest BCUT2D eigenvalue weighted by Crippen LogP contribution is -1.99. The number of carbonyl (C=O) groups excluding carboxylic acids is 1. The molecule has 0 aliphatic heterocycles. The first-order chi connectivity index (χ1) is 7.15. The number of rotatable bonds is 5. The van der Waals surface area contributed by atoms with Gasteiger partial charge in [-0.1, -0.05) is 25.1 Å². The molecule has 1 nitrogen and oxygen atoms in total. The Morgan fingerprint density at radius 1 is 1.20 bits per heavy atom. The lowest BCUT2D eigenvalue weighted by Gasteiger charge is -2.08. The number of Topliss-reactive ketones (excluding diaryl/α,β-unsaturated/α-hetero) is 1. The standard InChI is InChI=1S/C14H20O/c1-4-13(15)9-6-10-14-11(2)7-5-8-12(14)3/h5,7-8H,4,6,9-10H2,1-3H3. The van der Waals surface area contributed by atoms with E-state index in [9.17, 15) is 4.79 Å². The van der Waals surface area contributed by atoms with Crippen molar-refractivity contribution in [3.8, 4) is 0 Å². The topological polar surface area (TPSA) is 17.1 Å². The van der Waals surface area contributed by atoms with Gasteiger partial charge in [-0.2, -0.15) is 0 Å². The quantitative estimate of drug-likeness (QED) is 0.716. The van der Waals surface area contributed by atoms with E-state index in [1.807, 2.05) is 6.92 Å². The molecule has 0 bridgehead atoms. The molecule has 0 unspecified atom stereocenters. The monoisotopic (exact) mass is 204 g/mol. The van der Waals surface area contributed by atoms with Gasteiger partial charge in [-0.25, -0.2) is 0 Å². The average Bonchev–Trinajstić information content (AvgIpc) is 2.22. The third-order valence-corrected chi connectivity index (χ3v) is 2.92. The summed E-state index contributed by atoms with van der Waals surface area (Å²) in [6.45, 7) is 6.22. The molecule has 1 aromatic rings. The Bertz CT molecular complexity index is 319. The number of benzene rings is 1. The van der Waals surface area contributed by atoms with E-state index < -0.39 is 0 Å². The van der Waals surface area contributed by atoms with Gasteiger partial charge < -0.3 is 0 Å². The minimum atomic E-state index is 0.376. The molecule has 0 saturated carbocycles. The SMILES string of the molecule is CCC(=O)CCCc1c(C)cccc1C. The third-order valence-electron chi connectivity index (χ3n) is 2.92. The van der Waals surface area contributed by atoms with Gasteiger partial charge in [0.15, 0.2) is 0 Å². The van der Waals surface area contributed by atoms with E-state index in [1.54, 1.807) is 0 Å². The van der Waals surface area contributed by atoms with Crippen molar-refractivity contribution in [2.75, 3.05) is 0 Å². The Hall–Kier alpha value is -1.11. The molecule has 0 fully saturated rings. The molecule has 1 aromatic carbocycles. The molecule has 1 rings (SSSR count). The molecule has 0 amide bonds. The molecular weight excluding hydrogens is 184 g/mol. The van der Waals surface area contributed by atoms with Crippen LogP contribution in [0.5, 0.6) is 0 Å². The Morgan fingerprint density at radius 2 is 1.80 bits per heavy atom. The molecule has 0 N–H and O–H groups in total. The van der Waals surface area contributed by atoms with Crippen molar-refractivity contribution in [1.82, 2.24) is 0 Å². The Labute approximate surface area is 92.5 Å². The summed E-state index contributed by atoms with van der Waals surface area (Å²) in [5, 5.41) is 0. The summed E-state index contributed by atoms with van der Waals surface area (Å²) >= 11 is 0. The highest BCUT2D eigenvalue weighted by molar-refractivity contribution is 5.77. The summed E-state index contributed by atoms with van der Waals surface area (Å²) in [5.74, 6) is 0.376. The number of hydrogen-bond donors (Lipinski definition) is 0. The van der Waals surface area contributed by atoms with Crippen LogP contribution in [-0.2, 0) is 11.2 Å². The van der Waals surface area contributed by atoms with Crippen LogP contribution in [0.3, 0.4) is 0 Å². The van der Waals surface area contributed by atoms with Crippen molar-refractivity contribution < 1.29 is 4.79 Å². The first-order valence-corrected chi connectivity index (χ1v) is 5.72. The van der Waals surface area contributed by atoms with Gasteiger partial charge in [0.2, 0.25) is 0 Å². The van der Waals surface area contributed by atoms with E-state index in [1.165, 1.54) is 16.7 Å². The Kier molecular flexibility index (Phi) is 4.54. The normalized spacial score (nSPS) is 10.3. The molecule has 82 valence electrons. The van der Waals surface area contributed by atoms with Gasteiger partial charge in [-0.15, -0.1) is 0 Å². The maximum Gasteiger partial charge on any atom is 0.132 e. The van der Waals surface area contributed by atoms with Gasteiger partial charge in [0, 0.05) is 12.8 Å². The van der Waals surface area contributed by atoms with Crippen LogP contribution in [-0.4, -0.2) is 5.78 Å². The summed E-state index contributed by atoms with van der Waals surface area (Å²) in [4.78, 5) is 11.2. The average molecular weight is 204 g/mol. The van der Waals surface area contributed by atoms with Crippen LogP contribution in [0.4, 0.5) is 0 Å². The molecule has 0 aliphatic carbocycles. The van der Waals surface area contributed by atoms with E-state index >= 15 is 0 Å². The first kappa shape index (κ1) is 12.0. The number of hydrogen-bond acceptors (Lipinski definition) is 1. The molecule has 0 spiro atoms. The lowest BCUT2D eigenvalue weighted by molar-refractivity contribution is -0.118. The Morgan fingerprint density at radius 3 is 2.33 bits per heavy atom. The van der Waals surface area contributed by atoms with Crippen molar-refractivity contribution in [2.45, 2.75) is 46.5 Å². The second-order valence-corrected chi connectivity index (χ2v) is 4.12. The highest BCUT2D eigenvalue weighted by Crippen LogP contribution is 2.16. The predicted octanol–water partition coefficient (Wildman–Crippen LogP) is 3.61. The molecule has 0 atom stereocenters. The van der Waals surface area contributed by atoms with Crippen LogP contribution < -0.4 is 0 Å². The fourth-order valence-corrected chi connectivity index (χ4v) is 1.88. The first-order valence-electron chi connectivity index (χ1n) is 5.72. The molecule has 0 aromatic heterocycles. The zero-order chi connectivity index (χ0) is 11.3. The van der Waals surface area contributed by atoms with E-state index in [0.717, 1.165) is 19.3 Å². The summed E-state index contributed by atoms with van der Waals surface area (Å²) in [6.07, 6.45) is 3.42. The number of ketones is 1. The second-order valence-electron chi connectivity index (χ2n) is 4.12. The molecule has 15 heavy (non-hydrogen) atoms. The summed E-state index contributed by atoms with van der Waals surface area (Å²) in [6, 6.07) is 6.37. The minimum absolute atomic E-state index is 0.376. The van der Waals surface area contributed by atoms with E-state index in [2.05, 4.69) is 32.0 Å². The maximum atomic E-state index is 11.2. The zero-order valence-electron chi connectivity index (χ0n) is 9.97. The lowest BCUT2D eigenvalue weighted by atomic mass is 9.97. The molecule has 0 saturated heterocycles. The van der Waals surface area contributed by atoms with E-state index in [-0.39, 0.29) is 0 Å². The van der Waals surface area contributed by atoms with Crippen molar-refractivity contribution >= 4 is 5.78 Å². The van der Waals surface area contributed by atoms with Crippen LogP contribution >= 0.6 is 0 Å². The molecule has 0 radical (unpaired) electrons. The van der Waals surface area contributed by atoms with E-state index in [4.69, 9.17) is 0 Å². The maximum absolute atomic E-state index is 11.2. The smallest absolute Gasteiger partial charge is 0.132 e. The van der Waals surface area contributed by atoms with Crippen LogP contribution in [0.1, 0.15) is 42.9 Å². The highest BCUT2D eigenvalue weighted by atomic mass is 16.1. The van der Waals surface area contributed by atoms with Crippen LogP contribution in [0.15, 0.2) is 18.2 Å². The van der Waals surface area contributed by atoms with Crippen LogP contribution in [0.25, 0.3) is 0 Å². The van der Waals surface area contributed by atoms with Gasteiger partial charge in [-0.3, -0.25) is 4.79 Å². The largest absolute Gasteiger partial charge is 0.300 e. The summed E-state index contributed by atoms with van der Waals surface area (Å²) in [7, 11) is 0. The molecule has 1 heteroatoms. The van der Waals surface area contributed by atoms with Gasteiger partial charge in [0.1, 0.15) is 5.78 Å². The van der Waals surface area contributed by atoms with Gasteiger partial charge >= 0.3 is 0 Å². The minimum Gasteiger partial charge on any atom is -0.300 e. The fourth-order valence-electron chi connectivity index (χ4n) is 1.88. The predicted molar refractivity (Wildman–Crippen MR) is 64.2 cm³/mol. The number of aryl methyl sites for hydroxylation is 2. The fraction of sp³-hybridized carbons (Fsp3) is 0.500. The number of carbonyl (C=O) groups is 1. The molecule has 0 aliphatic rings.